The van der Waals surface area contributed by atoms with Crippen LogP contribution in [0, 0.1) is 5.92 Å². The third-order valence-corrected chi connectivity index (χ3v) is 3.15. The third kappa shape index (κ3) is 2.92. The maximum absolute atomic E-state index is 5.99. The topological polar surface area (TPSA) is 34.2 Å². The summed E-state index contributed by atoms with van der Waals surface area (Å²) in [6.07, 6.45) is 3.73. The number of ether oxygens (including phenoxy) is 1. The minimum Gasteiger partial charge on any atom is -0.477 e. The Bertz CT molecular complexity index is 380. The Morgan fingerprint density at radius 1 is 1.44 bits per heavy atom. The number of nitrogens with one attached hydrogen (secondary N) is 1. The summed E-state index contributed by atoms with van der Waals surface area (Å²) in [5, 5.41) is 3.85. The smallest absolute Gasteiger partial charge is 0.234 e. The van der Waals surface area contributed by atoms with E-state index in [1.54, 1.807) is 13.1 Å². The van der Waals surface area contributed by atoms with Crippen LogP contribution in [-0.4, -0.2) is 18.6 Å². The number of nitrogens with zero attached hydrogens (tertiary/aromatic N) is 1. The summed E-state index contributed by atoms with van der Waals surface area (Å²) in [6, 6.07) is 1.65. The van der Waals surface area contributed by atoms with Gasteiger partial charge in [0.15, 0.2) is 0 Å². The Morgan fingerprint density at radius 3 is 2.81 bits per heavy atom. The zero-order chi connectivity index (χ0) is 11.5. The first-order valence-electron chi connectivity index (χ1n) is 5.37. The van der Waals surface area contributed by atoms with Gasteiger partial charge >= 0.3 is 0 Å². The molecule has 2 rings (SSSR count). The van der Waals surface area contributed by atoms with Crippen LogP contribution in [0.1, 0.15) is 19.3 Å². The van der Waals surface area contributed by atoms with Crippen LogP contribution in [0.5, 0.6) is 5.88 Å². The number of anilines is 1. The lowest BCUT2D eigenvalue weighted by Crippen LogP contribution is -2.02. The van der Waals surface area contributed by atoms with Gasteiger partial charge in [0.25, 0.3) is 0 Å². The number of hydrogen-bond donors (Lipinski definition) is 1. The molecule has 1 N–H and O–H groups in total. The second-order valence-electron chi connectivity index (χ2n) is 3.94. The third-order valence-electron chi connectivity index (χ3n) is 2.60. The number of aromatic nitrogens is 1. The van der Waals surface area contributed by atoms with E-state index < -0.39 is 0 Å². The Hall–Kier alpha value is -0.670. The van der Waals surface area contributed by atoms with Crippen LogP contribution in [0.25, 0.3) is 0 Å². The lowest BCUT2D eigenvalue weighted by Gasteiger charge is -2.09. The highest BCUT2D eigenvalue weighted by molar-refractivity contribution is 6.36. The molecule has 0 unspecified atom stereocenters. The Balaban J connectivity index is 2.00. The fourth-order valence-electron chi connectivity index (χ4n) is 1.46. The first kappa shape index (κ1) is 11.8. The number of halogens is 2. The van der Waals surface area contributed by atoms with Crippen LogP contribution in [0.2, 0.25) is 10.0 Å². The number of pyridine rings is 1. The fraction of sp³-hybridized carbons (Fsp3) is 0.545. The minimum atomic E-state index is 0.455. The molecule has 0 aromatic carbocycles. The molecule has 1 aromatic heterocycles. The first-order valence-corrected chi connectivity index (χ1v) is 6.13. The van der Waals surface area contributed by atoms with Gasteiger partial charge in [-0.25, -0.2) is 0 Å². The lowest BCUT2D eigenvalue weighted by atomic mass is 10.3. The number of hydrogen-bond acceptors (Lipinski definition) is 3. The summed E-state index contributed by atoms with van der Waals surface area (Å²) in [4.78, 5) is 4.21. The van der Waals surface area contributed by atoms with Gasteiger partial charge in [0.1, 0.15) is 10.8 Å². The molecule has 0 aliphatic heterocycles. The van der Waals surface area contributed by atoms with Crippen molar-refractivity contribution in [1.29, 1.82) is 0 Å². The van der Waals surface area contributed by atoms with E-state index >= 15 is 0 Å². The van der Waals surface area contributed by atoms with Crippen LogP contribution in [0.4, 0.5) is 5.82 Å². The molecule has 0 saturated heterocycles. The zero-order valence-electron chi connectivity index (χ0n) is 9.09. The highest BCUT2D eigenvalue weighted by Crippen LogP contribution is 2.34. The molecule has 0 radical (unpaired) electrons. The Labute approximate surface area is 105 Å². The Morgan fingerprint density at radius 2 is 2.19 bits per heavy atom. The predicted molar refractivity (Wildman–Crippen MR) is 66.6 cm³/mol. The quantitative estimate of drug-likeness (QED) is 0.879. The fourth-order valence-corrected chi connectivity index (χ4v) is 1.96. The molecule has 1 heterocycles. The van der Waals surface area contributed by atoms with E-state index in [-0.39, 0.29) is 0 Å². The molecule has 0 atom stereocenters. The highest BCUT2D eigenvalue weighted by Gasteiger charge is 2.21. The maximum atomic E-state index is 5.99. The molecule has 1 aliphatic carbocycles. The summed E-state index contributed by atoms with van der Waals surface area (Å²) >= 11 is 11.9. The molecule has 5 heteroatoms. The van der Waals surface area contributed by atoms with E-state index in [2.05, 4.69) is 10.3 Å². The standard InChI is InChI=1S/C11H14Cl2N2O/c1-14-10-8(12)6-9(13)11(15-10)16-5-4-7-2-3-7/h6-7H,2-5H2,1H3,(H,14,15). The van der Waals surface area contributed by atoms with Crippen molar-refractivity contribution in [2.24, 2.45) is 5.92 Å². The van der Waals surface area contributed by atoms with Crippen molar-refractivity contribution in [3.05, 3.63) is 16.1 Å². The maximum Gasteiger partial charge on any atom is 0.234 e. The SMILES string of the molecule is CNc1nc(OCCC2CC2)c(Cl)cc1Cl. The van der Waals surface area contributed by atoms with Crippen molar-refractivity contribution in [2.75, 3.05) is 19.0 Å². The monoisotopic (exact) mass is 260 g/mol. The normalized spacial score (nSPS) is 14.9. The molecule has 0 amide bonds. The molecular formula is C11H14Cl2N2O. The zero-order valence-corrected chi connectivity index (χ0v) is 10.6. The molecule has 16 heavy (non-hydrogen) atoms. The van der Waals surface area contributed by atoms with E-state index in [0.29, 0.717) is 28.3 Å². The van der Waals surface area contributed by atoms with Crippen molar-refractivity contribution in [3.8, 4) is 5.88 Å². The molecular weight excluding hydrogens is 247 g/mol. The van der Waals surface area contributed by atoms with E-state index in [0.717, 1.165) is 12.3 Å². The van der Waals surface area contributed by atoms with E-state index in [1.165, 1.54) is 12.8 Å². The average molecular weight is 261 g/mol. The van der Waals surface area contributed by atoms with Gasteiger partial charge < -0.3 is 10.1 Å². The van der Waals surface area contributed by atoms with Gasteiger partial charge in [-0.3, -0.25) is 0 Å². The highest BCUT2D eigenvalue weighted by atomic mass is 35.5. The minimum absolute atomic E-state index is 0.455. The van der Waals surface area contributed by atoms with Crippen molar-refractivity contribution >= 4 is 29.0 Å². The van der Waals surface area contributed by atoms with Gasteiger partial charge in [-0.15, -0.1) is 0 Å². The molecule has 0 bridgehead atoms. The predicted octanol–water partition coefficient (Wildman–Crippen LogP) is 3.61. The van der Waals surface area contributed by atoms with Crippen molar-refractivity contribution in [2.45, 2.75) is 19.3 Å². The second kappa shape index (κ2) is 5.11. The van der Waals surface area contributed by atoms with Gasteiger partial charge in [0.2, 0.25) is 5.88 Å². The largest absolute Gasteiger partial charge is 0.477 e. The van der Waals surface area contributed by atoms with Crippen molar-refractivity contribution in [3.63, 3.8) is 0 Å². The molecule has 1 saturated carbocycles. The van der Waals surface area contributed by atoms with Gasteiger partial charge in [-0.2, -0.15) is 4.98 Å². The van der Waals surface area contributed by atoms with Gasteiger partial charge in [-0.05, 0) is 18.4 Å². The van der Waals surface area contributed by atoms with Gasteiger partial charge in [-0.1, -0.05) is 36.0 Å². The van der Waals surface area contributed by atoms with Crippen LogP contribution in [0.3, 0.4) is 0 Å². The molecule has 1 fully saturated rings. The second-order valence-corrected chi connectivity index (χ2v) is 4.75. The van der Waals surface area contributed by atoms with E-state index in [9.17, 15) is 0 Å². The average Bonchev–Trinajstić information content (AvgIpc) is 3.05. The van der Waals surface area contributed by atoms with Crippen LogP contribution < -0.4 is 10.1 Å². The summed E-state index contributed by atoms with van der Waals surface area (Å²) in [6.45, 7) is 0.669. The summed E-state index contributed by atoms with van der Waals surface area (Å²) in [7, 11) is 1.76. The van der Waals surface area contributed by atoms with Crippen LogP contribution >= 0.6 is 23.2 Å². The van der Waals surface area contributed by atoms with Gasteiger partial charge in [0.05, 0.1) is 11.6 Å². The van der Waals surface area contributed by atoms with Crippen LogP contribution in [-0.2, 0) is 0 Å². The van der Waals surface area contributed by atoms with Crippen LogP contribution in [0.15, 0.2) is 6.07 Å². The lowest BCUT2D eigenvalue weighted by molar-refractivity contribution is 0.292. The molecule has 88 valence electrons. The van der Waals surface area contributed by atoms with Crippen molar-refractivity contribution < 1.29 is 4.74 Å². The summed E-state index contributed by atoms with van der Waals surface area (Å²) in [5.74, 6) is 1.89. The molecule has 3 nitrogen and oxygen atoms in total. The van der Waals surface area contributed by atoms with E-state index in [1.807, 2.05) is 0 Å². The summed E-state index contributed by atoms with van der Waals surface area (Å²) in [5.41, 5.74) is 0. The molecule has 1 aliphatic rings. The Kier molecular flexibility index (Phi) is 3.77. The van der Waals surface area contributed by atoms with Gasteiger partial charge in [0, 0.05) is 7.05 Å². The number of rotatable bonds is 5. The molecule has 0 spiro atoms. The first-order chi connectivity index (χ1) is 7.70. The van der Waals surface area contributed by atoms with E-state index in [4.69, 9.17) is 27.9 Å². The summed E-state index contributed by atoms with van der Waals surface area (Å²) < 4.78 is 5.54. The molecule has 1 aromatic rings. The van der Waals surface area contributed by atoms with Crippen molar-refractivity contribution in [1.82, 2.24) is 4.98 Å².